The van der Waals surface area contributed by atoms with Crippen molar-refractivity contribution in [3.05, 3.63) is 68.6 Å². The first-order valence-corrected chi connectivity index (χ1v) is 11.5. The molecule has 0 radical (unpaired) electrons. The van der Waals surface area contributed by atoms with E-state index in [4.69, 9.17) is 28.2 Å². The van der Waals surface area contributed by atoms with Crippen molar-refractivity contribution in [2.75, 3.05) is 13.9 Å². The molecular weight excluding hydrogens is 522 g/mol. The average Bonchev–Trinajstić information content (AvgIpc) is 3.44. The van der Waals surface area contributed by atoms with Crippen LogP contribution < -0.4 is 18.9 Å². The molecule has 180 valence electrons. The van der Waals surface area contributed by atoms with Crippen molar-refractivity contribution >= 4 is 33.8 Å². The van der Waals surface area contributed by atoms with Crippen molar-refractivity contribution in [2.45, 2.75) is 26.4 Å². The van der Waals surface area contributed by atoms with Crippen molar-refractivity contribution in [1.82, 2.24) is 5.16 Å². The second-order valence-corrected chi connectivity index (χ2v) is 8.82. The highest BCUT2D eigenvalue weighted by Gasteiger charge is 2.31. The highest BCUT2D eigenvalue weighted by molar-refractivity contribution is 9.10. The summed E-state index contributed by atoms with van der Waals surface area (Å²) in [6.07, 6.45) is 2.04. The SMILES string of the molecule is COc1cc(CCC(=O)Oc2ccc3c(c2C)O/C(=C\c2cc(Br)cc4c2OCOC4)C3=O)on1. The number of ketones is 1. The number of fused-ring (bicyclic) bond motifs is 2. The first-order valence-electron chi connectivity index (χ1n) is 10.7. The lowest BCUT2D eigenvalue weighted by Gasteiger charge is -2.20. The van der Waals surface area contributed by atoms with Crippen molar-refractivity contribution in [3.8, 4) is 23.1 Å². The van der Waals surface area contributed by atoms with Crippen LogP contribution in [0.15, 0.2) is 45.1 Å². The molecule has 35 heavy (non-hydrogen) atoms. The highest BCUT2D eigenvalue weighted by atomic mass is 79.9. The van der Waals surface area contributed by atoms with Gasteiger partial charge in [-0.2, -0.15) is 0 Å². The number of hydrogen-bond acceptors (Lipinski definition) is 9. The Kier molecular flexibility index (Phi) is 6.31. The van der Waals surface area contributed by atoms with Gasteiger partial charge in [0.2, 0.25) is 5.78 Å². The minimum atomic E-state index is -0.455. The Morgan fingerprint density at radius 3 is 2.89 bits per heavy atom. The number of rotatable bonds is 6. The summed E-state index contributed by atoms with van der Waals surface area (Å²) in [6.45, 7) is 2.29. The molecule has 0 unspecified atom stereocenters. The molecule has 0 saturated carbocycles. The molecule has 0 amide bonds. The molecule has 0 spiro atoms. The van der Waals surface area contributed by atoms with Gasteiger partial charge in [0, 0.05) is 33.7 Å². The van der Waals surface area contributed by atoms with Gasteiger partial charge in [-0.1, -0.05) is 15.9 Å². The number of halogens is 1. The number of benzene rings is 2. The van der Waals surface area contributed by atoms with Gasteiger partial charge in [0.05, 0.1) is 25.7 Å². The third kappa shape index (κ3) is 4.67. The van der Waals surface area contributed by atoms with Crippen molar-refractivity contribution in [1.29, 1.82) is 0 Å². The van der Waals surface area contributed by atoms with Gasteiger partial charge in [-0.25, -0.2) is 0 Å². The van der Waals surface area contributed by atoms with Crippen LogP contribution in [-0.4, -0.2) is 30.8 Å². The summed E-state index contributed by atoms with van der Waals surface area (Å²) in [5.41, 5.74) is 2.52. The third-order valence-corrected chi connectivity index (χ3v) is 6.03. The second-order valence-electron chi connectivity index (χ2n) is 7.91. The molecule has 0 bridgehead atoms. The summed E-state index contributed by atoms with van der Waals surface area (Å²) in [4.78, 5) is 25.4. The summed E-state index contributed by atoms with van der Waals surface area (Å²) >= 11 is 3.48. The zero-order chi connectivity index (χ0) is 24.5. The predicted molar refractivity (Wildman–Crippen MR) is 126 cm³/mol. The molecule has 0 atom stereocenters. The lowest BCUT2D eigenvalue weighted by atomic mass is 10.0. The molecule has 3 heterocycles. The van der Waals surface area contributed by atoms with Gasteiger partial charge >= 0.3 is 5.97 Å². The first kappa shape index (κ1) is 23.1. The summed E-state index contributed by atoms with van der Waals surface area (Å²) < 4.78 is 33.3. The Bertz CT molecular complexity index is 1360. The zero-order valence-electron chi connectivity index (χ0n) is 18.9. The fourth-order valence-electron chi connectivity index (χ4n) is 3.84. The van der Waals surface area contributed by atoms with Gasteiger partial charge in [-0.15, -0.1) is 0 Å². The number of Topliss-reactive ketones (excluding diaryl/α,β-unsaturated/α-hetero) is 1. The van der Waals surface area contributed by atoms with E-state index in [0.29, 0.717) is 58.6 Å². The molecule has 0 saturated heterocycles. The molecule has 0 fully saturated rings. The van der Waals surface area contributed by atoms with Gasteiger partial charge in [0.15, 0.2) is 12.6 Å². The van der Waals surface area contributed by atoms with Crippen LogP contribution >= 0.6 is 15.9 Å². The van der Waals surface area contributed by atoms with Crippen LogP contribution in [-0.2, 0) is 22.6 Å². The molecule has 9 nitrogen and oxygen atoms in total. The quantitative estimate of drug-likeness (QED) is 0.247. The molecule has 0 aliphatic carbocycles. The minimum absolute atomic E-state index is 0.0809. The number of esters is 1. The number of aryl methyl sites for hydroxylation is 1. The molecule has 10 heteroatoms. The number of hydrogen-bond donors (Lipinski definition) is 0. The fourth-order valence-corrected chi connectivity index (χ4v) is 4.37. The number of carbonyl (C=O) groups is 2. The van der Waals surface area contributed by atoms with Crippen LogP contribution in [0, 0.1) is 6.92 Å². The van der Waals surface area contributed by atoms with E-state index in [1.54, 1.807) is 31.2 Å². The molecule has 5 rings (SSSR count). The summed E-state index contributed by atoms with van der Waals surface area (Å²) in [5.74, 6) is 1.62. The molecule has 2 aromatic carbocycles. The van der Waals surface area contributed by atoms with E-state index in [1.807, 2.05) is 12.1 Å². The Hall–Kier alpha value is -3.63. The van der Waals surface area contributed by atoms with Gasteiger partial charge in [0.1, 0.15) is 23.0 Å². The van der Waals surface area contributed by atoms with E-state index in [9.17, 15) is 9.59 Å². The Morgan fingerprint density at radius 1 is 1.23 bits per heavy atom. The number of ether oxygens (including phenoxy) is 5. The fraction of sp³-hybridized carbons (Fsp3) is 0.240. The molecule has 3 aromatic rings. The summed E-state index contributed by atoms with van der Waals surface area (Å²) in [6, 6.07) is 8.56. The van der Waals surface area contributed by atoms with E-state index in [2.05, 4.69) is 21.1 Å². The van der Waals surface area contributed by atoms with Gasteiger partial charge < -0.3 is 28.2 Å². The van der Waals surface area contributed by atoms with E-state index in [-0.39, 0.29) is 24.8 Å². The van der Waals surface area contributed by atoms with Crippen LogP contribution in [0.5, 0.6) is 23.1 Å². The van der Waals surface area contributed by atoms with Gasteiger partial charge in [-0.3, -0.25) is 9.59 Å². The Morgan fingerprint density at radius 2 is 2.09 bits per heavy atom. The summed E-state index contributed by atoms with van der Waals surface area (Å²) in [7, 11) is 1.48. The van der Waals surface area contributed by atoms with Crippen molar-refractivity contribution < 1.29 is 37.8 Å². The number of allylic oxidation sites excluding steroid dienone is 1. The number of nitrogens with zero attached hydrogens (tertiary/aromatic N) is 1. The van der Waals surface area contributed by atoms with Crippen LogP contribution in [0.25, 0.3) is 6.08 Å². The maximum atomic E-state index is 13.0. The van der Waals surface area contributed by atoms with Crippen LogP contribution in [0.4, 0.5) is 0 Å². The van der Waals surface area contributed by atoms with Gasteiger partial charge in [0.25, 0.3) is 5.88 Å². The average molecular weight is 542 g/mol. The van der Waals surface area contributed by atoms with E-state index < -0.39 is 5.97 Å². The topological polar surface area (TPSA) is 106 Å². The maximum absolute atomic E-state index is 13.0. The molecule has 0 N–H and O–H groups in total. The van der Waals surface area contributed by atoms with Crippen LogP contribution in [0.1, 0.15) is 39.2 Å². The highest BCUT2D eigenvalue weighted by Crippen LogP contribution is 2.41. The predicted octanol–water partition coefficient (Wildman–Crippen LogP) is 4.78. The monoisotopic (exact) mass is 541 g/mol. The normalized spacial score (nSPS) is 15.3. The van der Waals surface area contributed by atoms with Crippen molar-refractivity contribution in [3.63, 3.8) is 0 Å². The Balaban J connectivity index is 1.33. The van der Waals surface area contributed by atoms with Crippen molar-refractivity contribution in [2.24, 2.45) is 0 Å². The molecular formula is C25H20BrNO8. The number of carbonyl (C=O) groups excluding carboxylic acids is 2. The van der Waals surface area contributed by atoms with Crippen LogP contribution in [0.3, 0.4) is 0 Å². The third-order valence-electron chi connectivity index (χ3n) is 5.57. The number of methoxy groups -OCH3 is 1. The molecule has 2 aliphatic rings. The first-order chi connectivity index (χ1) is 16.9. The zero-order valence-corrected chi connectivity index (χ0v) is 20.5. The second kappa shape index (κ2) is 9.55. The van der Waals surface area contributed by atoms with Crippen LogP contribution in [0.2, 0.25) is 0 Å². The lowest BCUT2D eigenvalue weighted by Crippen LogP contribution is -2.12. The standard InChI is InChI=1S/C25H20BrNO8/c1-13-19(33-22(28)6-3-17-10-21(30-2)27-35-17)5-4-18-23(29)20(34-24(13)18)9-14-7-16(26)8-15-11-31-12-32-25(14)15/h4-5,7-10H,3,6,11-12H2,1-2H3/b20-9-. The van der Waals surface area contributed by atoms with E-state index >= 15 is 0 Å². The molecule has 1 aromatic heterocycles. The van der Waals surface area contributed by atoms with E-state index in [1.165, 1.54) is 7.11 Å². The van der Waals surface area contributed by atoms with E-state index in [0.717, 1.165) is 10.0 Å². The van der Waals surface area contributed by atoms with Gasteiger partial charge in [-0.05, 0) is 42.4 Å². The largest absolute Gasteiger partial charge is 0.479 e. The lowest BCUT2D eigenvalue weighted by molar-refractivity contribution is -0.134. The molecule has 2 aliphatic heterocycles. The number of aromatic nitrogens is 1. The smallest absolute Gasteiger partial charge is 0.311 e. The minimum Gasteiger partial charge on any atom is -0.479 e. The maximum Gasteiger partial charge on any atom is 0.311 e. The summed E-state index contributed by atoms with van der Waals surface area (Å²) in [5, 5.41) is 3.70. The Labute approximate surface area is 208 Å².